The van der Waals surface area contributed by atoms with E-state index in [0.717, 1.165) is 16.9 Å². The predicted molar refractivity (Wildman–Crippen MR) is 108 cm³/mol. The highest BCUT2D eigenvalue weighted by atomic mass is 35.5. The van der Waals surface area contributed by atoms with Crippen molar-refractivity contribution in [2.24, 2.45) is 0 Å². The molecule has 2 aromatic carbocycles. The van der Waals surface area contributed by atoms with Crippen LogP contribution in [0, 0.1) is 0 Å². The van der Waals surface area contributed by atoms with E-state index in [4.69, 9.17) is 16.3 Å². The number of carbonyl (C=O) groups excluding carboxylic acids is 1. The van der Waals surface area contributed by atoms with Crippen LogP contribution in [0.3, 0.4) is 0 Å². The Morgan fingerprint density at radius 2 is 1.81 bits per heavy atom. The maximum Gasteiger partial charge on any atom is 0.270 e. The van der Waals surface area contributed by atoms with Crippen LogP contribution in [-0.2, 0) is 0 Å². The summed E-state index contributed by atoms with van der Waals surface area (Å²) in [7, 11) is 1.57. The summed E-state index contributed by atoms with van der Waals surface area (Å²) in [6.45, 7) is 1.94. The number of nitrogens with zero attached hydrogens (tertiary/aromatic N) is 1. The van der Waals surface area contributed by atoms with E-state index in [-0.39, 0.29) is 11.9 Å². The van der Waals surface area contributed by atoms with Gasteiger partial charge in [0.1, 0.15) is 11.4 Å². The summed E-state index contributed by atoms with van der Waals surface area (Å²) in [5, 5.41) is 6.68. The minimum absolute atomic E-state index is 0.113. The fraction of sp³-hybridized carbons (Fsp3) is 0.143. The Bertz CT molecular complexity index is 932. The van der Waals surface area contributed by atoms with E-state index in [1.165, 1.54) is 0 Å². The summed E-state index contributed by atoms with van der Waals surface area (Å²) < 4.78 is 5.15. The number of anilines is 2. The number of benzene rings is 2. The second kappa shape index (κ2) is 8.56. The molecule has 3 rings (SSSR count). The molecule has 6 heteroatoms. The van der Waals surface area contributed by atoms with Gasteiger partial charge in [-0.15, -0.1) is 0 Å². The van der Waals surface area contributed by atoms with E-state index < -0.39 is 0 Å². The number of rotatable bonds is 6. The summed E-state index contributed by atoms with van der Waals surface area (Å²) in [5.74, 6) is 0.370. The highest BCUT2D eigenvalue weighted by Crippen LogP contribution is 2.28. The van der Waals surface area contributed by atoms with Crippen LogP contribution in [0.1, 0.15) is 29.0 Å². The number of halogens is 1. The Balaban J connectivity index is 1.71. The third kappa shape index (κ3) is 4.77. The SMILES string of the molecule is COc1ccc(Nc2ccnc(C(=O)NC(C)c3ccccc3)c2)cc1Cl. The summed E-state index contributed by atoms with van der Waals surface area (Å²) in [5.41, 5.74) is 2.90. The molecule has 1 heterocycles. The zero-order valence-corrected chi connectivity index (χ0v) is 15.8. The molecule has 0 aliphatic heterocycles. The number of ether oxygens (including phenoxy) is 1. The molecular formula is C21H20ClN3O2. The van der Waals surface area contributed by atoms with Gasteiger partial charge in [-0.2, -0.15) is 0 Å². The fourth-order valence-electron chi connectivity index (χ4n) is 2.64. The smallest absolute Gasteiger partial charge is 0.270 e. The molecule has 3 aromatic rings. The zero-order valence-electron chi connectivity index (χ0n) is 15.1. The van der Waals surface area contributed by atoms with Crippen LogP contribution in [0.4, 0.5) is 11.4 Å². The first kappa shape index (κ1) is 18.7. The summed E-state index contributed by atoms with van der Waals surface area (Å²) in [4.78, 5) is 16.7. The van der Waals surface area contributed by atoms with Crippen LogP contribution in [0.15, 0.2) is 66.9 Å². The molecule has 1 unspecified atom stereocenters. The number of amides is 1. The first-order valence-electron chi connectivity index (χ1n) is 8.49. The first-order valence-corrected chi connectivity index (χ1v) is 8.87. The standard InChI is InChI=1S/C21H20ClN3O2/c1-14(15-6-4-3-5-7-15)24-21(26)19-13-17(10-11-23-19)25-16-8-9-20(27-2)18(22)12-16/h3-14H,1-2H3,(H,23,25)(H,24,26). The van der Waals surface area contributed by atoms with Gasteiger partial charge >= 0.3 is 0 Å². The third-order valence-electron chi connectivity index (χ3n) is 4.08. The molecule has 0 aliphatic carbocycles. The Labute approximate surface area is 163 Å². The van der Waals surface area contributed by atoms with Crippen LogP contribution in [0.5, 0.6) is 5.75 Å². The molecule has 0 saturated heterocycles. The molecule has 27 heavy (non-hydrogen) atoms. The van der Waals surface area contributed by atoms with Crippen molar-refractivity contribution < 1.29 is 9.53 Å². The summed E-state index contributed by atoms with van der Waals surface area (Å²) >= 11 is 6.15. The lowest BCUT2D eigenvalue weighted by atomic mass is 10.1. The minimum Gasteiger partial charge on any atom is -0.495 e. The van der Waals surface area contributed by atoms with Gasteiger partial charge in [0.05, 0.1) is 18.2 Å². The van der Waals surface area contributed by atoms with Gasteiger partial charge in [0.15, 0.2) is 0 Å². The minimum atomic E-state index is -0.234. The number of nitrogens with one attached hydrogen (secondary N) is 2. The van der Waals surface area contributed by atoms with Gasteiger partial charge in [-0.25, -0.2) is 0 Å². The second-order valence-corrected chi connectivity index (χ2v) is 6.42. The van der Waals surface area contributed by atoms with Gasteiger partial charge < -0.3 is 15.4 Å². The molecule has 0 radical (unpaired) electrons. The number of hydrogen-bond acceptors (Lipinski definition) is 4. The predicted octanol–water partition coefficient (Wildman–Crippen LogP) is 4.98. The van der Waals surface area contributed by atoms with Crippen LogP contribution in [-0.4, -0.2) is 18.0 Å². The summed E-state index contributed by atoms with van der Waals surface area (Å²) in [6, 6.07) is 18.6. The Kier molecular flexibility index (Phi) is 5.94. The van der Waals surface area contributed by atoms with Crippen molar-refractivity contribution in [1.29, 1.82) is 0 Å². The molecule has 5 nitrogen and oxygen atoms in total. The molecule has 1 atom stereocenters. The lowest BCUT2D eigenvalue weighted by molar-refractivity contribution is 0.0935. The Hall–Kier alpha value is -3.05. The Morgan fingerprint density at radius 3 is 2.52 bits per heavy atom. The number of hydrogen-bond donors (Lipinski definition) is 2. The lowest BCUT2D eigenvalue weighted by Crippen LogP contribution is -2.27. The van der Waals surface area contributed by atoms with Crippen LogP contribution in [0.2, 0.25) is 5.02 Å². The van der Waals surface area contributed by atoms with Gasteiger partial charge in [-0.1, -0.05) is 41.9 Å². The first-order chi connectivity index (χ1) is 13.1. The van der Waals surface area contributed by atoms with Crippen LogP contribution >= 0.6 is 11.6 Å². The maximum absolute atomic E-state index is 12.5. The van der Waals surface area contributed by atoms with Crippen molar-refractivity contribution in [1.82, 2.24) is 10.3 Å². The lowest BCUT2D eigenvalue weighted by Gasteiger charge is -2.14. The molecule has 0 fully saturated rings. The van der Waals surface area contributed by atoms with Crippen molar-refractivity contribution in [2.75, 3.05) is 12.4 Å². The molecule has 2 N–H and O–H groups in total. The van der Waals surface area contributed by atoms with Gasteiger partial charge in [0.2, 0.25) is 0 Å². The van der Waals surface area contributed by atoms with E-state index in [0.29, 0.717) is 16.5 Å². The number of carbonyl (C=O) groups is 1. The van der Waals surface area contributed by atoms with Crippen molar-refractivity contribution in [3.05, 3.63) is 83.1 Å². The van der Waals surface area contributed by atoms with Gasteiger partial charge in [-0.05, 0) is 42.8 Å². The molecule has 0 saturated carbocycles. The van der Waals surface area contributed by atoms with Crippen LogP contribution < -0.4 is 15.4 Å². The largest absolute Gasteiger partial charge is 0.495 e. The normalized spacial score (nSPS) is 11.5. The van der Waals surface area contributed by atoms with Gasteiger partial charge in [-0.3, -0.25) is 9.78 Å². The van der Waals surface area contributed by atoms with E-state index in [1.807, 2.05) is 43.3 Å². The third-order valence-corrected chi connectivity index (χ3v) is 4.38. The molecule has 1 aromatic heterocycles. The number of aromatic nitrogens is 1. The zero-order chi connectivity index (χ0) is 19.2. The molecule has 0 bridgehead atoms. The van der Waals surface area contributed by atoms with Crippen molar-refractivity contribution in [3.63, 3.8) is 0 Å². The molecular weight excluding hydrogens is 362 g/mol. The van der Waals surface area contributed by atoms with E-state index in [1.54, 1.807) is 37.6 Å². The maximum atomic E-state index is 12.5. The highest BCUT2D eigenvalue weighted by Gasteiger charge is 2.13. The average Bonchev–Trinajstić information content (AvgIpc) is 2.69. The van der Waals surface area contributed by atoms with Crippen LogP contribution in [0.25, 0.3) is 0 Å². The van der Waals surface area contributed by atoms with Gasteiger partial charge in [0, 0.05) is 17.6 Å². The van der Waals surface area contributed by atoms with Crippen molar-refractivity contribution >= 4 is 28.9 Å². The van der Waals surface area contributed by atoms with E-state index in [9.17, 15) is 4.79 Å². The quantitative estimate of drug-likeness (QED) is 0.632. The topological polar surface area (TPSA) is 63.2 Å². The molecule has 0 aliphatic rings. The van der Waals surface area contributed by atoms with E-state index in [2.05, 4.69) is 15.6 Å². The summed E-state index contributed by atoms with van der Waals surface area (Å²) in [6.07, 6.45) is 1.59. The van der Waals surface area contributed by atoms with Crippen molar-refractivity contribution in [2.45, 2.75) is 13.0 Å². The van der Waals surface area contributed by atoms with Gasteiger partial charge in [0.25, 0.3) is 5.91 Å². The van der Waals surface area contributed by atoms with Crippen molar-refractivity contribution in [3.8, 4) is 5.75 Å². The van der Waals surface area contributed by atoms with E-state index >= 15 is 0 Å². The number of pyridine rings is 1. The fourth-order valence-corrected chi connectivity index (χ4v) is 2.90. The highest BCUT2D eigenvalue weighted by molar-refractivity contribution is 6.32. The molecule has 1 amide bonds. The number of methoxy groups -OCH3 is 1. The Morgan fingerprint density at radius 1 is 1.07 bits per heavy atom. The second-order valence-electron chi connectivity index (χ2n) is 6.01. The molecule has 138 valence electrons. The molecule has 0 spiro atoms. The average molecular weight is 382 g/mol. The monoisotopic (exact) mass is 381 g/mol.